The summed E-state index contributed by atoms with van der Waals surface area (Å²) < 4.78 is 54.7. The summed E-state index contributed by atoms with van der Waals surface area (Å²) in [5, 5.41) is 17.2. The van der Waals surface area contributed by atoms with Crippen LogP contribution >= 0.6 is 11.6 Å². The third-order valence-corrected chi connectivity index (χ3v) is 8.66. The number of alkyl halides is 3. The molecule has 5 rings (SSSR count). The number of nitrogens with one attached hydrogen (secondary N) is 1. The lowest BCUT2D eigenvalue weighted by atomic mass is 9.99. The van der Waals surface area contributed by atoms with Crippen LogP contribution in [0.2, 0.25) is 5.02 Å². The van der Waals surface area contributed by atoms with E-state index in [-0.39, 0.29) is 17.9 Å². The minimum absolute atomic E-state index is 0.276. The number of carbonyl (C=O) groups excluding carboxylic acids is 1. The summed E-state index contributed by atoms with van der Waals surface area (Å²) in [6, 6.07) is 12.8. The molecule has 0 radical (unpaired) electrons. The van der Waals surface area contributed by atoms with Crippen LogP contribution in [0.4, 0.5) is 24.5 Å². The predicted octanol–water partition coefficient (Wildman–Crippen LogP) is 7.34. The van der Waals surface area contributed by atoms with E-state index in [1.807, 2.05) is 0 Å². The Morgan fingerprint density at radius 3 is 2.35 bits per heavy atom. The number of hydrogen-bond donors (Lipinski definition) is 2. The highest BCUT2D eigenvalue weighted by Gasteiger charge is 2.54. The fourth-order valence-electron chi connectivity index (χ4n) is 5.80. The third kappa shape index (κ3) is 7.40. The summed E-state index contributed by atoms with van der Waals surface area (Å²) >= 11 is 6.26. The largest absolute Gasteiger partial charge is 0.573 e. The Balaban J connectivity index is 1.55. The van der Waals surface area contributed by atoms with Crippen LogP contribution in [0.5, 0.6) is 17.2 Å². The molecule has 10 nitrogen and oxygen atoms in total. The van der Waals surface area contributed by atoms with E-state index in [2.05, 4.69) is 15.2 Å². The van der Waals surface area contributed by atoms with Gasteiger partial charge in [0.25, 0.3) is 5.91 Å². The van der Waals surface area contributed by atoms with Gasteiger partial charge in [-0.3, -0.25) is 4.79 Å². The fraction of sp³-hybridized carbons (Fsp3) is 0.382. The van der Waals surface area contributed by atoms with Gasteiger partial charge in [-0.25, -0.2) is 4.79 Å². The zero-order valence-electron chi connectivity index (χ0n) is 26.9. The molecule has 2 N–H and O–H groups in total. The lowest BCUT2D eigenvalue weighted by Crippen LogP contribution is -2.38. The lowest BCUT2D eigenvalue weighted by molar-refractivity contribution is -0.274. The number of rotatable bonds is 12. The van der Waals surface area contributed by atoms with Crippen molar-refractivity contribution in [1.82, 2.24) is 0 Å². The number of ether oxygens (including phenoxy) is 3. The fourth-order valence-corrected chi connectivity index (χ4v) is 5.96. The van der Waals surface area contributed by atoms with E-state index in [0.717, 1.165) is 18.4 Å². The Morgan fingerprint density at radius 2 is 1.75 bits per heavy atom. The summed E-state index contributed by atoms with van der Waals surface area (Å²) in [5.41, 5.74) is 2.47. The predicted molar refractivity (Wildman–Crippen MR) is 173 cm³/mol. The molecular weight excluding hydrogens is 655 g/mol. The number of amides is 1. The maximum atomic E-state index is 14.6. The zero-order chi connectivity index (χ0) is 35.0. The normalized spacial score (nSPS) is 16.3. The molecule has 0 bridgehead atoms. The molecule has 256 valence electrons. The number of hydrogen-bond acceptors (Lipinski definition) is 8. The van der Waals surface area contributed by atoms with E-state index in [1.54, 1.807) is 63.2 Å². The molecule has 2 unspecified atom stereocenters. The Bertz CT molecular complexity index is 1740. The van der Waals surface area contributed by atoms with Crippen LogP contribution in [0.3, 0.4) is 0 Å². The molecule has 1 fully saturated rings. The van der Waals surface area contributed by atoms with Crippen molar-refractivity contribution in [3.05, 3.63) is 76.3 Å². The van der Waals surface area contributed by atoms with Crippen LogP contribution in [0.15, 0.2) is 59.8 Å². The summed E-state index contributed by atoms with van der Waals surface area (Å²) in [6.07, 6.45) is -4.50. The standard InChI is InChI=1S/C34H35ClF3N3O7/c1-18(2)30(32(43)44)48-40-19(3)20-12-22(15-24(13-20)45-4)39-29(25-8-6-21(35)14-28(25)46-5)31(42)41-17-33(10-11-33)26-9-7-23(16-27(26)41)47-34(36,37)38/h6-9,12-16,18,29-30,39H,10-11,17H2,1-5H3,(H,43,44)/b40-19+. The quantitative estimate of drug-likeness (QED) is 0.150. The maximum Gasteiger partial charge on any atom is 0.573 e. The maximum absolute atomic E-state index is 14.6. The van der Waals surface area contributed by atoms with E-state index >= 15 is 0 Å². The van der Waals surface area contributed by atoms with Gasteiger partial charge in [0, 0.05) is 51.8 Å². The highest BCUT2D eigenvalue weighted by molar-refractivity contribution is 6.30. The number of halogens is 4. The molecule has 0 saturated heterocycles. The second kappa shape index (κ2) is 13.5. The zero-order valence-corrected chi connectivity index (χ0v) is 27.6. The van der Waals surface area contributed by atoms with Crippen LogP contribution in [0, 0.1) is 5.92 Å². The van der Waals surface area contributed by atoms with Gasteiger partial charge in [0.05, 0.1) is 25.6 Å². The molecule has 1 heterocycles. The molecule has 48 heavy (non-hydrogen) atoms. The van der Waals surface area contributed by atoms with Crippen molar-refractivity contribution in [2.75, 3.05) is 31.0 Å². The molecule has 1 aliphatic heterocycles. The molecule has 1 spiro atoms. The van der Waals surface area contributed by atoms with Gasteiger partial charge in [-0.1, -0.05) is 42.7 Å². The van der Waals surface area contributed by atoms with Gasteiger partial charge >= 0.3 is 12.3 Å². The lowest BCUT2D eigenvalue weighted by Gasteiger charge is -2.28. The number of fused-ring (bicyclic) bond motifs is 2. The van der Waals surface area contributed by atoms with Crippen molar-refractivity contribution in [3.63, 3.8) is 0 Å². The molecular formula is C34H35ClF3N3O7. The molecule has 1 amide bonds. The molecule has 14 heteroatoms. The second-order valence-corrected chi connectivity index (χ2v) is 12.6. The summed E-state index contributed by atoms with van der Waals surface area (Å²) in [7, 11) is 2.90. The van der Waals surface area contributed by atoms with Crippen molar-refractivity contribution in [2.24, 2.45) is 11.1 Å². The number of methoxy groups -OCH3 is 2. The summed E-state index contributed by atoms with van der Waals surface area (Å²) in [6.45, 7) is 5.32. The molecule has 2 aliphatic rings. The number of anilines is 2. The van der Waals surface area contributed by atoms with E-state index in [4.69, 9.17) is 25.9 Å². The van der Waals surface area contributed by atoms with Gasteiger partial charge in [0.2, 0.25) is 6.10 Å². The Kier molecular flexibility index (Phi) is 9.72. The first-order valence-electron chi connectivity index (χ1n) is 15.1. The highest BCUT2D eigenvalue weighted by Crippen LogP contribution is 2.57. The number of oxime groups is 1. The van der Waals surface area contributed by atoms with E-state index in [1.165, 1.54) is 31.3 Å². The first-order chi connectivity index (χ1) is 22.6. The number of carbonyl (C=O) groups is 2. The first-order valence-corrected chi connectivity index (χ1v) is 15.5. The Morgan fingerprint density at radius 1 is 1.02 bits per heavy atom. The molecule has 1 aliphatic carbocycles. The van der Waals surface area contributed by atoms with Crippen molar-refractivity contribution in [1.29, 1.82) is 0 Å². The number of carboxylic acids is 1. The third-order valence-electron chi connectivity index (χ3n) is 8.42. The Hall–Kier alpha value is -4.65. The Labute approximate surface area is 280 Å². The van der Waals surface area contributed by atoms with Gasteiger partial charge < -0.3 is 34.4 Å². The van der Waals surface area contributed by atoms with E-state index in [0.29, 0.717) is 44.7 Å². The van der Waals surface area contributed by atoms with E-state index in [9.17, 15) is 27.9 Å². The van der Waals surface area contributed by atoms with Crippen LogP contribution in [0.1, 0.15) is 56.3 Å². The highest BCUT2D eigenvalue weighted by atomic mass is 35.5. The minimum atomic E-state index is -4.90. The van der Waals surface area contributed by atoms with Gasteiger partial charge in [0.1, 0.15) is 23.3 Å². The number of carboxylic acid groups (broad SMARTS) is 1. The van der Waals surface area contributed by atoms with Gasteiger partial charge in [-0.05, 0) is 55.7 Å². The van der Waals surface area contributed by atoms with Gasteiger partial charge in [0.15, 0.2) is 0 Å². The van der Waals surface area contributed by atoms with E-state index < -0.39 is 36.1 Å². The number of aliphatic carboxylic acids is 1. The van der Waals surface area contributed by atoms with Gasteiger partial charge in [-0.15, -0.1) is 13.2 Å². The van der Waals surface area contributed by atoms with Crippen molar-refractivity contribution >= 4 is 40.6 Å². The first kappa shape index (κ1) is 34.7. The summed E-state index contributed by atoms with van der Waals surface area (Å²) in [5.74, 6) is -1.67. The number of benzene rings is 3. The smallest absolute Gasteiger partial charge is 0.497 e. The SMILES string of the molecule is COc1cc(NC(C(=O)N2CC3(CC3)c3ccc(OC(F)(F)F)cc32)c2ccc(Cl)cc2OC)cc(/C(C)=N/OC(C(=O)O)C(C)C)c1. The van der Waals surface area contributed by atoms with Crippen molar-refractivity contribution in [2.45, 2.75) is 57.5 Å². The topological polar surface area (TPSA) is 119 Å². The van der Waals surface area contributed by atoms with Crippen LogP contribution in [0.25, 0.3) is 0 Å². The molecule has 2 atom stereocenters. The van der Waals surface area contributed by atoms with Crippen LogP contribution < -0.4 is 24.4 Å². The molecule has 0 aromatic heterocycles. The van der Waals surface area contributed by atoms with Crippen molar-refractivity contribution in [3.8, 4) is 17.2 Å². The van der Waals surface area contributed by atoms with Crippen LogP contribution in [-0.2, 0) is 19.8 Å². The minimum Gasteiger partial charge on any atom is -0.497 e. The molecule has 1 saturated carbocycles. The average Bonchev–Trinajstić information content (AvgIpc) is 3.74. The number of nitrogens with zero attached hydrogens (tertiary/aromatic N) is 2. The monoisotopic (exact) mass is 689 g/mol. The molecule has 3 aromatic carbocycles. The molecule has 3 aromatic rings. The second-order valence-electron chi connectivity index (χ2n) is 12.1. The van der Waals surface area contributed by atoms with Gasteiger partial charge in [-0.2, -0.15) is 0 Å². The average molecular weight is 690 g/mol. The van der Waals surface area contributed by atoms with Crippen LogP contribution in [-0.4, -0.2) is 55.9 Å². The van der Waals surface area contributed by atoms with Crippen molar-refractivity contribution < 1.29 is 46.9 Å². The summed E-state index contributed by atoms with van der Waals surface area (Å²) in [4.78, 5) is 33.1.